The number of alkyl halides is 2. The van der Waals surface area contributed by atoms with Gasteiger partial charge in [-0.25, -0.2) is 13.6 Å². The van der Waals surface area contributed by atoms with Crippen LogP contribution >= 0.6 is 0 Å². The number of aliphatic carboxylic acids is 1. The molecule has 0 radical (unpaired) electrons. The molecule has 0 heterocycles. The minimum absolute atomic E-state index is 0.0417. The number of hydrogen-bond acceptors (Lipinski definition) is 4. The van der Waals surface area contributed by atoms with E-state index in [0.29, 0.717) is 5.75 Å². The summed E-state index contributed by atoms with van der Waals surface area (Å²) < 4.78 is 35.3. The molecule has 0 saturated carbocycles. The molecule has 0 saturated heterocycles. The van der Waals surface area contributed by atoms with Crippen molar-refractivity contribution in [2.45, 2.75) is 38.8 Å². The van der Waals surface area contributed by atoms with Crippen LogP contribution in [0.3, 0.4) is 0 Å². The molecule has 1 unspecified atom stereocenters. The number of halogens is 2. The van der Waals surface area contributed by atoms with Gasteiger partial charge in [-0.1, -0.05) is 0 Å². The number of nitrogens with one attached hydrogen (secondary N) is 1. The van der Waals surface area contributed by atoms with Crippen molar-refractivity contribution in [2.24, 2.45) is 0 Å². The van der Waals surface area contributed by atoms with E-state index >= 15 is 0 Å². The van der Waals surface area contributed by atoms with Crippen LogP contribution < -0.4 is 14.8 Å². The first-order chi connectivity index (χ1) is 10.7. The predicted molar refractivity (Wildman–Crippen MR) is 78.3 cm³/mol. The van der Waals surface area contributed by atoms with Gasteiger partial charge in [-0.2, -0.15) is 0 Å². The number of carboxylic acids is 1. The van der Waals surface area contributed by atoms with E-state index in [1.54, 1.807) is 13.8 Å². The van der Waals surface area contributed by atoms with Crippen molar-refractivity contribution in [3.8, 4) is 11.5 Å². The summed E-state index contributed by atoms with van der Waals surface area (Å²) in [7, 11) is 1.44. The Balaban J connectivity index is 3.03. The summed E-state index contributed by atoms with van der Waals surface area (Å²) in [5, 5.41) is 11.0. The number of rotatable bonds is 8. The van der Waals surface area contributed by atoms with Gasteiger partial charge in [0.15, 0.2) is 0 Å². The van der Waals surface area contributed by atoms with E-state index in [4.69, 9.17) is 14.6 Å². The number of methoxy groups -OCH3 is 1. The fourth-order valence-corrected chi connectivity index (χ4v) is 1.80. The zero-order valence-electron chi connectivity index (χ0n) is 13.0. The summed E-state index contributed by atoms with van der Waals surface area (Å²) in [6.45, 7) is 3.50. The number of carbonyl (C=O) groups is 2. The van der Waals surface area contributed by atoms with Crippen LogP contribution in [-0.2, 0) is 4.79 Å². The van der Waals surface area contributed by atoms with Crippen LogP contribution in [0.2, 0.25) is 0 Å². The summed E-state index contributed by atoms with van der Waals surface area (Å²) in [6, 6.07) is 2.66. The zero-order valence-corrected chi connectivity index (χ0v) is 13.0. The first-order valence-electron chi connectivity index (χ1n) is 6.91. The van der Waals surface area contributed by atoms with Crippen molar-refractivity contribution >= 4 is 11.9 Å². The summed E-state index contributed by atoms with van der Waals surface area (Å²) in [5.74, 6) is -1.72. The lowest BCUT2D eigenvalue weighted by atomic mass is 10.1. The van der Waals surface area contributed by atoms with Crippen LogP contribution in [0.1, 0.15) is 30.6 Å². The Morgan fingerprint density at radius 2 is 1.96 bits per heavy atom. The van der Waals surface area contributed by atoms with Crippen LogP contribution in [0.4, 0.5) is 8.78 Å². The van der Waals surface area contributed by atoms with Gasteiger partial charge in [-0.05, 0) is 26.0 Å². The van der Waals surface area contributed by atoms with Crippen LogP contribution in [0.15, 0.2) is 18.2 Å². The first-order valence-corrected chi connectivity index (χ1v) is 6.91. The first kappa shape index (κ1) is 18.7. The molecule has 0 spiro atoms. The lowest BCUT2D eigenvalue weighted by molar-refractivity contribution is -0.140. The molecule has 0 fully saturated rings. The largest absolute Gasteiger partial charge is 0.497 e. The molecule has 2 N–H and O–H groups in total. The van der Waals surface area contributed by atoms with E-state index in [1.165, 1.54) is 25.3 Å². The Morgan fingerprint density at radius 1 is 1.30 bits per heavy atom. The highest BCUT2D eigenvalue weighted by Gasteiger charge is 2.26. The van der Waals surface area contributed by atoms with Crippen molar-refractivity contribution in [1.29, 1.82) is 0 Å². The van der Waals surface area contributed by atoms with Crippen LogP contribution in [0.5, 0.6) is 11.5 Å². The molecule has 1 rings (SSSR count). The monoisotopic (exact) mass is 331 g/mol. The molecule has 6 nitrogen and oxygen atoms in total. The van der Waals surface area contributed by atoms with Crippen molar-refractivity contribution in [1.82, 2.24) is 5.32 Å². The molecule has 0 aliphatic rings. The molecule has 23 heavy (non-hydrogen) atoms. The Bertz CT molecular complexity index is 563. The zero-order chi connectivity index (χ0) is 17.6. The van der Waals surface area contributed by atoms with E-state index < -0.39 is 30.8 Å². The fraction of sp³-hybridized carbons (Fsp3) is 0.467. The van der Waals surface area contributed by atoms with Crippen molar-refractivity contribution in [3.63, 3.8) is 0 Å². The maximum absolute atomic E-state index is 12.4. The third-order valence-corrected chi connectivity index (χ3v) is 2.81. The number of carbonyl (C=O) groups excluding carboxylic acids is 1. The maximum Gasteiger partial charge on any atom is 0.326 e. The summed E-state index contributed by atoms with van der Waals surface area (Å²) in [5.41, 5.74) is 0.0417. The molecular weight excluding hydrogens is 312 g/mol. The average Bonchev–Trinajstić information content (AvgIpc) is 2.45. The Kier molecular flexibility index (Phi) is 6.74. The number of carboxylic acid groups (broad SMARTS) is 1. The third kappa shape index (κ3) is 5.72. The summed E-state index contributed by atoms with van der Waals surface area (Å²) >= 11 is 0. The molecule has 0 bridgehead atoms. The normalized spacial score (nSPS) is 12.1. The minimum atomic E-state index is -2.85. The molecular formula is C15H19F2NO5. The average molecular weight is 331 g/mol. The van der Waals surface area contributed by atoms with Crippen molar-refractivity contribution < 1.29 is 33.0 Å². The van der Waals surface area contributed by atoms with Crippen molar-refractivity contribution in [3.05, 3.63) is 23.8 Å². The second-order valence-electron chi connectivity index (χ2n) is 5.02. The molecule has 8 heteroatoms. The molecule has 1 aromatic rings. The van der Waals surface area contributed by atoms with E-state index in [9.17, 15) is 18.4 Å². The van der Waals surface area contributed by atoms with E-state index in [2.05, 4.69) is 5.32 Å². The standard InChI is InChI=1S/C15H19F2NO5/c1-8(2)23-12-6-9(22-3)4-5-10(12)14(19)18-11(15(20)21)7-13(16)17/h4-6,8,11,13H,7H2,1-3H3,(H,18,19)(H,20,21). The van der Waals surface area contributed by atoms with Gasteiger partial charge in [0.25, 0.3) is 5.91 Å². The van der Waals surface area contributed by atoms with Crippen LogP contribution in [0.25, 0.3) is 0 Å². The highest BCUT2D eigenvalue weighted by atomic mass is 19.3. The Labute approximate surface area is 132 Å². The van der Waals surface area contributed by atoms with Gasteiger partial charge in [0, 0.05) is 12.5 Å². The topological polar surface area (TPSA) is 84.9 Å². The summed E-state index contributed by atoms with van der Waals surface area (Å²) in [6.07, 6.45) is -4.07. The van der Waals surface area contributed by atoms with Gasteiger partial charge < -0.3 is 19.9 Å². The van der Waals surface area contributed by atoms with Gasteiger partial charge >= 0.3 is 5.97 Å². The molecule has 1 atom stereocenters. The molecule has 0 aliphatic heterocycles. The van der Waals surface area contributed by atoms with Gasteiger partial charge in [-0.3, -0.25) is 4.79 Å². The lowest BCUT2D eigenvalue weighted by Crippen LogP contribution is -2.42. The Hall–Kier alpha value is -2.38. The summed E-state index contributed by atoms with van der Waals surface area (Å²) in [4.78, 5) is 23.2. The molecule has 0 aliphatic carbocycles. The van der Waals surface area contributed by atoms with Crippen LogP contribution in [0, 0.1) is 0 Å². The second kappa shape index (κ2) is 8.30. The van der Waals surface area contributed by atoms with E-state index in [0.717, 1.165) is 0 Å². The van der Waals surface area contributed by atoms with Crippen molar-refractivity contribution in [2.75, 3.05) is 7.11 Å². The molecule has 1 amide bonds. The Morgan fingerprint density at radius 3 is 2.43 bits per heavy atom. The smallest absolute Gasteiger partial charge is 0.326 e. The quantitative estimate of drug-likeness (QED) is 0.764. The van der Waals surface area contributed by atoms with E-state index in [-0.39, 0.29) is 17.4 Å². The van der Waals surface area contributed by atoms with E-state index in [1.807, 2.05) is 0 Å². The minimum Gasteiger partial charge on any atom is -0.497 e. The van der Waals surface area contributed by atoms with Gasteiger partial charge in [0.1, 0.15) is 17.5 Å². The second-order valence-corrected chi connectivity index (χ2v) is 5.02. The highest BCUT2D eigenvalue weighted by Crippen LogP contribution is 2.26. The lowest BCUT2D eigenvalue weighted by Gasteiger charge is -2.18. The maximum atomic E-state index is 12.4. The van der Waals surface area contributed by atoms with Gasteiger partial charge in [-0.15, -0.1) is 0 Å². The molecule has 1 aromatic carbocycles. The number of benzene rings is 1. The molecule has 128 valence electrons. The third-order valence-electron chi connectivity index (χ3n) is 2.81. The highest BCUT2D eigenvalue weighted by molar-refractivity contribution is 5.99. The molecule has 0 aromatic heterocycles. The number of ether oxygens (including phenoxy) is 2. The van der Waals surface area contributed by atoms with Gasteiger partial charge in [0.2, 0.25) is 6.43 Å². The van der Waals surface area contributed by atoms with Gasteiger partial charge in [0.05, 0.1) is 18.8 Å². The fourth-order valence-electron chi connectivity index (χ4n) is 1.80. The predicted octanol–water partition coefficient (Wildman–Crippen LogP) is 2.32. The number of amides is 1. The van der Waals surface area contributed by atoms with Crippen LogP contribution in [-0.4, -0.2) is 42.7 Å². The SMILES string of the molecule is COc1ccc(C(=O)NC(CC(F)F)C(=O)O)c(OC(C)C)c1. The number of hydrogen-bond donors (Lipinski definition) is 2.